The molecule has 0 radical (unpaired) electrons. The van der Waals surface area contributed by atoms with Gasteiger partial charge in [-0.2, -0.15) is 4.98 Å². The highest BCUT2D eigenvalue weighted by Gasteiger charge is 2.13. The van der Waals surface area contributed by atoms with Gasteiger partial charge >= 0.3 is 0 Å². The van der Waals surface area contributed by atoms with Crippen LogP contribution in [-0.4, -0.2) is 27.0 Å². The zero-order valence-corrected chi connectivity index (χ0v) is 21.0. The SMILES string of the molecule is COc1nc(Nc2ccc3c(CC(C)c4ccnc(Nc5ccc6cc[nH]c6c5)c4)c[nH]c3c2)ccc1F. The number of halogens is 1. The predicted molar refractivity (Wildman–Crippen MR) is 150 cm³/mol. The van der Waals surface area contributed by atoms with Crippen LogP contribution in [0.15, 0.2) is 85.3 Å². The zero-order valence-electron chi connectivity index (χ0n) is 21.0. The van der Waals surface area contributed by atoms with Gasteiger partial charge in [-0.15, -0.1) is 0 Å². The number of nitrogens with one attached hydrogen (secondary N) is 4. The van der Waals surface area contributed by atoms with Crippen LogP contribution < -0.4 is 15.4 Å². The Morgan fingerprint density at radius 1 is 0.895 bits per heavy atom. The molecule has 4 heterocycles. The van der Waals surface area contributed by atoms with Crippen molar-refractivity contribution in [1.82, 2.24) is 19.9 Å². The third-order valence-corrected chi connectivity index (χ3v) is 6.75. The first-order valence-electron chi connectivity index (χ1n) is 12.4. The lowest BCUT2D eigenvalue weighted by Crippen LogP contribution is -2.01. The second-order valence-corrected chi connectivity index (χ2v) is 9.37. The minimum atomic E-state index is -0.494. The van der Waals surface area contributed by atoms with Crippen molar-refractivity contribution in [3.63, 3.8) is 0 Å². The van der Waals surface area contributed by atoms with Gasteiger partial charge in [0.1, 0.15) is 11.6 Å². The molecule has 190 valence electrons. The molecule has 4 aromatic heterocycles. The molecule has 0 saturated heterocycles. The van der Waals surface area contributed by atoms with Crippen molar-refractivity contribution in [3.8, 4) is 5.88 Å². The van der Waals surface area contributed by atoms with Crippen molar-refractivity contribution in [2.24, 2.45) is 0 Å². The minimum Gasteiger partial charge on any atom is -0.479 e. The van der Waals surface area contributed by atoms with Gasteiger partial charge in [-0.1, -0.05) is 19.1 Å². The summed E-state index contributed by atoms with van der Waals surface area (Å²) in [6, 6.07) is 21.5. The van der Waals surface area contributed by atoms with E-state index in [2.05, 4.69) is 86.2 Å². The van der Waals surface area contributed by atoms with E-state index in [1.165, 1.54) is 35.1 Å². The van der Waals surface area contributed by atoms with Crippen LogP contribution in [0.25, 0.3) is 21.8 Å². The van der Waals surface area contributed by atoms with Crippen LogP contribution in [0.3, 0.4) is 0 Å². The van der Waals surface area contributed by atoms with Gasteiger partial charge in [0.2, 0.25) is 0 Å². The standard InChI is InChI=1S/C30H27FN6O/c1-18(20-10-12-33-29(14-20)36-22-4-3-19-9-11-32-26(19)15-22)13-21-17-34-27-16-23(5-6-24(21)27)35-28-8-7-25(31)30(37-28)38-2/h3-12,14-18,32,34H,13H2,1-2H3,(H,33,36)(H,35,37). The van der Waals surface area contributed by atoms with Crippen LogP contribution in [0.5, 0.6) is 5.88 Å². The molecule has 0 spiro atoms. The molecule has 0 amide bonds. The predicted octanol–water partition coefficient (Wildman–Crippen LogP) is 7.42. The van der Waals surface area contributed by atoms with Crippen molar-refractivity contribution in [2.75, 3.05) is 17.7 Å². The Balaban J connectivity index is 1.17. The van der Waals surface area contributed by atoms with E-state index in [-0.39, 0.29) is 11.8 Å². The van der Waals surface area contributed by atoms with Crippen molar-refractivity contribution in [2.45, 2.75) is 19.3 Å². The van der Waals surface area contributed by atoms with Gasteiger partial charge in [0.15, 0.2) is 5.82 Å². The van der Waals surface area contributed by atoms with Gasteiger partial charge in [-0.05, 0) is 83.4 Å². The lowest BCUT2D eigenvalue weighted by molar-refractivity contribution is 0.370. The molecule has 0 fully saturated rings. The monoisotopic (exact) mass is 506 g/mol. The van der Waals surface area contributed by atoms with Crippen molar-refractivity contribution in [3.05, 3.63) is 102 Å². The third-order valence-electron chi connectivity index (χ3n) is 6.75. The summed E-state index contributed by atoms with van der Waals surface area (Å²) in [7, 11) is 1.40. The first-order valence-corrected chi connectivity index (χ1v) is 12.4. The van der Waals surface area contributed by atoms with E-state index >= 15 is 0 Å². The highest BCUT2D eigenvalue weighted by atomic mass is 19.1. The number of benzene rings is 2. The fourth-order valence-electron chi connectivity index (χ4n) is 4.76. The maximum atomic E-state index is 13.7. The molecule has 0 bridgehead atoms. The van der Waals surface area contributed by atoms with E-state index in [1.807, 2.05) is 24.5 Å². The molecule has 8 heteroatoms. The molecule has 38 heavy (non-hydrogen) atoms. The van der Waals surface area contributed by atoms with Crippen LogP contribution in [0.2, 0.25) is 0 Å². The minimum absolute atomic E-state index is 0.0386. The van der Waals surface area contributed by atoms with E-state index in [1.54, 1.807) is 6.07 Å². The molecule has 6 rings (SSSR count). The summed E-state index contributed by atoms with van der Waals surface area (Å²) in [6.45, 7) is 2.23. The molecular weight excluding hydrogens is 479 g/mol. The van der Waals surface area contributed by atoms with Crippen molar-refractivity contribution in [1.29, 1.82) is 0 Å². The first kappa shape index (κ1) is 23.5. The topological polar surface area (TPSA) is 90.7 Å². The van der Waals surface area contributed by atoms with Crippen LogP contribution in [-0.2, 0) is 6.42 Å². The Morgan fingerprint density at radius 2 is 1.71 bits per heavy atom. The molecule has 0 aliphatic heterocycles. The van der Waals surface area contributed by atoms with Crippen molar-refractivity contribution >= 4 is 44.8 Å². The molecule has 6 aromatic rings. The maximum absolute atomic E-state index is 13.7. The molecule has 4 N–H and O–H groups in total. The molecule has 0 aliphatic rings. The van der Waals surface area contributed by atoms with Gasteiger partial charge in [0, 0.05) is 46.4 Å². The first-order chi connectivity index (χ1) is 18.6. The fraction of sp³-hybridized carbons (Fsp3) is 0.133. The van der Waals surface area contributed by atoms with E-state index < -0.39 is 5.82 Å². The number of pyridine rings is 2. The molecule has 1 atom stereocenters. The van der Waals surface area contributed by atoms with Crippen LogP contribution >= 0.6 is 0 Å². The van der Waals surface area contributed by atoms with E-state index in [0.29, 0.717) is 5.82 Å². The average molecular weight is 507 g/mol. The largest absolute Gasteiger partial charge is 0.479 e. The Hall–Kier alpha value is -4.85. The Kier molecular flexibility index (Phi) is 6.13. The number of aromatic amines is 2. The average Bonchev–Trinajstić information content (AvgIpc) is 3.56. The van der Waals surface area contributed by atoms with Gasteiger partial charge < -0.3 is 25.3 Å². The summed E-state index contributed by atoms with van der Waals surface area (Å²) >= 11 is 0. The lowest BCUT2D eigenvalue weighted by Gasteiger charge is -2.14. The summed E-state index contributed by atoms with van der Waals surface area (Å²) in [5.74, 6) is 1.09. The van der Waals surface area contributed by atoms with Crippen molar-refractivity contribution < 1.29 is 9.13 Å². The second kappa shape index (κ2) is 9.89. The van der Waals surface area contributed by atoms with E-state index in [9.17, 15) is 4.39 Å². The summed E-state index contributed by atoms with van der Waals surface area (Å²) in [4.78, 5) is 15.3. The van der Waals surface area contributed by atoms with E-state index in [4.69, 9.17) is 4.74 Å². The highest BCUT2D eigenvalue weighted by molar-refractivity contribution is 5.87. The van der Waals surface area contributed by atoms with Gasteiger partial charge in [-0.25, -0.2) is 9.37 Å². The Morgan fingerprint density at radius 3 is 2.58 bits per heavy atom. The smallest absolute Gasteiger partial charge is 0.252 e. The number of ether oxygens (including phenoxy) is 1. The highest BCUT2D eigenvalue weighted by Crippen LogP contribution is 2.30. The van der Waals surface area contributed by atoms with E-state index in [0.717, 1.165) is 34.6 Å². The van der Waals surface area contributed by atoms with Crippen LogP contribution in [0.1, 0.15) is 24.0 Å². The van der Waals surface area contributed by atoms with Gasteiger partial charge in [0.05, 0.1) is 7.11 Å². The number of fused-ring (bicyclic) bond motifs is 2. The molecular formula is C30H27FN6O. The molecule has 0 aliphatic carbocycles. The summed E-state index contributed by atoms with van der Waals surface area (Å²) in [5, 5.41) is 8.99. The zero-order chi connectivity index (χ0) is 26.1. The number of methoxy groups -OCH3 is 1. The Labute approximate surface area is 219 Å². The number of anilines is 4. The molecule has 7 nitrogen and oxygen atoms in total. The summed E-state index contributed by atoms with van der Waals surface area (Å²) < 4.78 is 18.7. The number of hydrogen-bond donors (Lipinski definition) is 4. The number of rotatable bonds is 8. The molecule has 0 saturated carbocycles. The van der Waals surface area contributed by atoms with Gasteiger partial charge in [-0.3, -0.25) is 0 Å². The van der Waals surface area contributed by atoms with Crippen LogP contribution in [0.4, 0.5) is 27.4 Å². The maximum Gasteiger partial charge on any atom is 0.252 e. The van der Waals surface area contributed by atoms with Crippen LogP contribution in [0, 0.1) is 5.82 Å². The number of H-pyrrole nitrogens is 2. The molecule has 1 unspecified atom stereocenters. The molecule has 2 aromatic carbocycles. The van der Waals surface area contributed by atoms with Gasteiger partial charge in [0.25, 0.3) is 5.88 Å². The number of hydrogen-bond acceptors (Lipinski definition) is 5. The third kappa shape index (κ3) is 4.76. The quantitative estimate of drug-likeness (QED) is 0.172. The second-order valence-electron chi connectivity index (χ2n) is 9.37. The normalized spacial score (nSPS) is 12.1. The summed E-state index contributed by atoms with van der Waals surface area (Å²) in [6.07, 6.45) is 6.74. The lowest BCUT2D eigenvalue weighted by atomic mass is 9.94. The fourth-order valence-corrected chi connectivity index (χ4v) is 4.76. The number of aromatic nitrogens is 4. The summed E-state index contributed by atoms with van der Waals surface area (Å²) in [5.41, 5.74) is 6.40. The Bertz CT molecular complexity index is 1740. The number of nitrogens with zero attached hydrogens (tertiary/aromatic N) is 2.